The summed E-state index contributed by atoms with van der Waals surface area (Å²) in [7, 11) is 1.41. The number of carbonyl (C=O) groups excluding carboxylic acids is 1. The molecule has 0 unspecified atom stereocenters. The molecular formula is C16H26N2O2S. The number of methoxy groups -OCH3 is 1. The van der Waals surface area contributed by atoms with Gasteiger partial charge in [-0.05, 0) is 32.1 Å². The lowest BCUT2D eigenvalue weighted by Gasteiger charge is -2.29. The van der Waals surface area contributed by atoms with Crippen molar-refractivity contribution in [3.8, 4) is 0 Å². The van der Waals surface area contributed by atoms with Crippen LogP contribution in [0.5, 0.6) is 0 Å². The van der Waals surface area contributed by atoms with Gasteiger partial charge in [0.2, 0.25) is 0 Å². The summed E-state index contributed by atoms with van der Waals surface area (Å²) in [6.45, 7) is 7.47. The quantitative estimate of drug-likeness (QED) is 0.744. The van der Waals surface area contributed by atoms with Gasteiger partial charge in [0.1, 0.15) is 0 Å². The summed E-state index contributed by atoms with van der Waals surface area (Å²) in [6, 6.07) is 0.583. The average Bonchev–Trinajstić information content (AvgIpc) is 3.08. The Balaban J connectivity index is 2.21. The van der Waals surface area contributed by atoms with Crippen LogP contribution in [0, 0.1) is 12.8 Å². The molecule has 0 aliphatic heterocycles. The monoisotopic (exact) mass is 310 g/mol. The lowest BCUT2D eigenvalue weighted by Crippen LogP contribution is -2.34. The minimum atomic E-state index is -0.328. The highest BCUT2D eigenvalue weighted by molar-refractivity contribution is 7.15. The van der Waals surface area contributed by atoms with Crippen molar-refractivity contribution in [3.63, 3.8) is 0 Å². The number of anilines is 1. The molecule has 0 N–H and O–H groups in total. The smallest absolute Gasteiger partial charge is 0.357 e. The molecule has 2 rings (SSSR count). The molecule has 0 bridgehead atoms. The van der Waals surface area contributed by atoms with Gasteiger partial charge in [-0.15, -0.1) is 11.3 Å². The minimum absolute atomic E-state index is 0.328. The maximum Gasteiger partial charge on any atom is 0.357 e. The molecule has 0 spiro atoms. The molecule has 5 heteroatoms. The normalized spacial score (nSPS) is 15.7. The molecule has 0 amide bonds. The first-order chi connectivity index (χ1) is 10.0. The number of carbonyl (C=O) groups is 1. The van der Waals surface area contributed by atoms with Crippen molar-refractivity contribution >= 4 is 22.4 Å². The zero-order chi connectivity index (χ0) is 15.4. The fraction of sp³-hybridized carbons (Fsp3) is 0.750. The van der Waals surface area contributed by atoms with Crippen LogP contribution in [0.3, 0.4) is 0 Å². The van der Waals surface area contributed by atoms with Gasteiger partial charge in [-0.25, -0.2) is 9.78 Å². The minimum Gasteiger partial charge on any atom is -0.464 e. The molecule has 0 saturated heterocycles. The number of hydrogen-bond acceptors (Lipinski definition) is 5. The van der Waals surface area contributed by atoms with Gasteiger partial charge < -0.3 is 9.64 Å². The molecule has 0 atom stereocenters. The maximum absolute atomic E-state index is 11.8. The van der Waals surface area contributed by atoms with E-state index in [1.54, 1.807) is 11.3 Å². The highest BCUT2D eigenvalue weighted by atomic mass is 32.1. The van der Waals surface area contributed by atoms with Crippen molar-refractivity contribution in [2.45, 2.75) is 58.9 Å². The molecule has 1 aromatic rings. The summed E-state index contributed by atoms with van der Waals surface area (Å²) < 4.78 is 4.82. The Labute approximate surface area is 131 Å². The number of aryl methyl sites for hydroxylation is 1. The summed E-state index contributed by atoms with van der Waals surface area (Å²) in [6.07, 6.45) is 6.24. The molecule has 1 aliphatic rings. The molecule has 0 radical (unpaired) electrons. The summed E-state index contributed by atoms with van der Waals surface area (Å²) in [5.74, 6) is 0.347. The first-order valence-electron chi connectivity index (χ1n) is 7.85. The van der Waals surface area contributed by atoms with E-state index >= 15 is 0 Å². The van der Waals surface area contributed by atoms with E-state index in [4.69, 9.17) is 4.74 Å². The lowest BCUT2D eigenvalue weighted by atomic mass is 10.1. The third-order valence-corrected chi connectivity index (χ3v) is 5.13. The average molecular weight is 310 g/mol. The van der Waals surface area contributed by atoms with E-state index in [1.165, 1.54) is 32.8 Å². The lowest BCUT2D eigenvalue weighted by molar-refractivity contribution is 0.0594. The summed E-state index contributed by atoms with van der Waals surface area (Å²) >= 11 is 1.62. The largest absolute Gasteiger partial charge is 0.464 e. The Kier molecular flexibility index (Phi) is 5.62. The number of rotatable bonds is 6. The van der Waals surface area contributed by atoms with Crippen LogP contribution in [0.15, 0.2) is 0 Å². The molecule has 21 heavy (non-hydrogen) atoms. The molecule has 1 saturated carbocycles. The van der Waals surface area contributed by atoms with E-state index in [2.05, 4.69) is 23.7 Å². The molecule has 0 aromatic carbocycles. The van der Waals surface area contributed by atoms with E-state index in [-0.39, 0.29) is 5.97 Å². The Hall–Kier alpha value is -1.10. The Morgan fingerprint density at radius 3 is 2.67 bits per heavy atom. The van der Waals surface area contributed by atoms with Crippen molar-refractivity contribution in [2.75, 3.05) is 18.6 Å². The Morgan fingerprint density at radius 2 is 2.10 bits per heavy atom. The van der Waals surface area contributed by atoms with Gasteiger partial charge in [-0.1, -0.05) is 26.7 Å². The van der Waals surface area contributed by atoms with Gasteiger partial charge in [0.15, 0.2) is 10.8 Å². The third-order valence-electron chi connectivity index (χ3n) is 4.12. The number of ether oxygens (including phenoxy) is 1. The zero-order valence-electron chi connectivity index (χ0n) is 13.5. The fourth-order valence-corrected chi connectivity index (χ4v) is 3.83. The topological polar surface area (TPSA) is 42.4 Å². The van der Waals surface area contributed by atoms with Crippen molar-refractivity contribution in [1.82, 2.24) is 4.98 Å². The van der Waals surface area contributed by atoms with Crippen molar-refractivity contribution < 1.29 is 9.53 Å². The van der Waals surface area contributed by atoms with Crippen LogP contribution in [0.1, 0.15) is 61.3 Å². The molecule has 1 aromatic heterocycles. The van der Waals surface area contributed by atoms with Gasteiger partial charge in [0.05, 0.1) is 7.11 Å². The molecule has 1 fully saturated rings. The first-order valence-corrected chi connectivity index (χ1v) is 8.67. The van der Waals surface area contributed by atoms with Crippen LogP contribution in [-0.4, -0.2) is 30.6 Å². The van der Waals surface area contributed by atoms with Gasteiger partial charge >= 0.3 is 5.97 Å². The zero-order valence-corrected chi connectivity index (χ0v) is 14.3. The number of aromatic nitrogens is 1. The Morgan fingerprint density at radius 1 is 1.43 bits per heavy atom. The van der Waals surface area contributed by atoms with Crippen LogP contribution in [0.2, 0.25) is 0 Å². The molecular weight excluding hydrogens is 284 g/mol. The van der Waals surface area contributed by atoms with Crippen LogP contribution >= 0.6 is 11.3 Å². The number of esters is 1. The van der Waals surface area contributed by atoms with E-state index in [9.17, 15) is 4.79 Å². The second-order valence-electron chi connectivity index (χ2n) is 6.21. The Bertz CT molecular complexity index is 479. The summed E-state index contributed by atoms with van der Waals surface area (Å²) in [5.41, 5.74) is 0.477. The van der Waals surface area contributed by atoms with Crippen molar-refractivity contribution in [1.29, 1.82) is 0 Å². The van der Waals surface area contributed by atoms with Crippen LogP contribution in [0.25, 0.3) is 0 Å². The maximum atomic E-state index is 11.8. The van der Waals surface area contributed by atoms with Gasteiger partial charge in [0.25, 0.3) is 0 Å². The predicted molar refractivity (Wildman–Crippen MR) is 87.2 cm³/mol. The van der Waals surface area contributed by atoms with Crippen LogP contribution in [-0.2, 0) is 4.74 Å². The SMILES string of the molecule is COC(=O)c1nc(N(CCC(C)C)C2CCCC2)sc1C. The molecule has 4 nitrogen and oxygen atoms in total. The van der Waals surface area contributed by atoms with E-state index in [0.717, 1.165) is 23.0 Å². The predicted octanol–water partition coefficient (Wildman–Crippen LogP) is 4.03. The van der Waals surface area contributed by atoms with Gasteiger partial charge in [0, 0.05) is 17.5 Å². The van der Waals surface area contributed by atoms with Gasteiger partial charge in [-0.3, -0.25) is 0 Å². The van der Waals surface area contributed by atoms with Crippen molar-refractivity contribution in [2.24, 2.45) is 5.92 Å². The van der Waals surface area contributed by atoms with E-state index in [1.807, 2.05) is 6.92 Å². The highest BCUT2D eigenvalue weighted by Gasteiger charge is 2.27. The number of thiazole rings is 1. The van der Waals surface area contributed by atoms with Crippen LogP contribution < -0.4 is 4.90 Å². The highest BCUT2D eigenvalue weighted by Crippen LogP contribution is 2.33. The first kappa shape index (κ1) is 16.3. The van der Waals surface area contributed by atoms with E-state index in [0.29, 0.717) is 17.7 Å². The summed E-state index contributed by atoms with van der Waals surface area (Å²) in [4.78, 5) is 19.7. The fourth-order valence-electron chi connectivity index (χ4n) is 2.84. The molecule has 118 valence electrons. The molecule has 1 aliphatic carbocycles. The number of nitrogens with zero attached hydrogens (tertiary/aromatic N) is 2. The second kappa shape index (κ2) is 7.25. The summed E-state index contributed by atoms with van der Waals surface area (Å²) in [5, 5.41) is 0.987. The number of hydrogen-bond donors (Lipinski definition) is 0. The molecule has 1 heterocycles. The van der Waals surface area contributed by atoms with E-state index < -0.39 is 0 Å². The van der Waals surface area contributed by atoms with Gasteiger partial charge in [-0.2, -0.15) is 0 Å². The second-order valence-corrected chi connectivity index (χ2v) is 7.39. The van der Waals surface area contributed by atoms with Crippen LogP contribution in [0.4, 0.5) is 5.13 Å². The standard InChI is InChI=1S/C16H26N2O2S/c1-11(2)9-10-18(13-7-5-6-8-13)16-17-14(12(3)21-16)15(19)20-4/h11,13H,5-10H2,1-4H3. The third kappa shape index (κ3) is 3.96. The van der Waals surface area contributed by atoms with Crippen molar-refractivity contribution in [3.05, 3.63) is 10.6 Å².